The van der Waals surface area contributed by atoms with E-state index in [1.54, 1.807) is 7.11 Å². The Morgan fingerprint density at radius 3 is 2.68 bits per heavy atom. The highest BCUT2D eigenvalue weighted by Gasteiger charge is 2.28. The molecule has 1 aliphatic rings. The van der Waals surface area contributed by atoms with Crippen molar-refractivity contribution in [2.24, 2.45) is 0 Å². The van der Waals surface area contributed by atoms with E-state index in [1.165, 1.54) is 0 Å². The maximum atomic E-state index is 13.4. The predicted octanol–water partition coefficient (Wildman–Crippen LogP) is 4.44. The summed E-state index contributed by atoms with van der Waals surface area (Å²) in [4.78, 5) is 15.3. The first-order valence-corrected chi connectivity index (χ1v) is 9.73. The van der Waals surface area contributed by atoms with Crippen LogP contribution < -0.4 is 4.74 Å². The number of benzene rings is 2. The van der Waals surface area contributed by atoms with Crippen molar-refractivity contribution in [2.45, 2.75) is 26.0 Å². The van der Waals surface area contributed by atoms with Crippen molar-refractivity contribution in [3.8, 4) is 5.75 Å². The van der Waals surface area contributed by atoms with Crippen molar-refractivity contribution in [1.29, 1.82) is 0 Å². The molecule has 0 spiro atoms. The normalized spacial score (nSPS) is 17.3. The van der Waals surface area contributed by atoms with Crippen LogP contribution in [0.25, 0.3) is 10.9 Å². The van der Waals surface area contributed by atoms with Gasteiger partial charge >= 0.3 is 0 Å². The van der Waals surface area contributed by atoms with Crippen LogP contribution in [0.3, 0.4) is 0 Å². The van der Waals surface area contributed by atoms with Gasteiger partial charge in [-0.1, -0.05) is 30.3 Å². The smallest absolute Gasteiger partial charge is 0.256 e. The van der Waals surface area contributed by atoms with E-state index in [1.807, 2.05) is 59.6 Å². The first-order chi connectivity index (χ1) is 13.6. The molecule has 5 heteroatoms. The lowest BCUT2D eigenvalue weighted by Crippen LogP contribution is -2.42. The lowest BCUT2D eigenvalue weighted by Gasteiger charge is -2.33. The van der Waals surface area contributed by atoms with Crippen molar-refractivity contribution in [3.05, 3.63) is 65.9 Å². The topological polar surface area (TPSA) is 43.7 Å². The molecule has 0 aliphatic carbocycles. The Morgan fingerprint density at radius 1 is 1.18 bits per heavy atom. The van der Waals surface area contributed by atoms with E-state index < -0.39 is 0 Å². The Hall–Kier alpha value is -2.79. The summed E-state index contributed by atoms with van der Waals surface area (Å²) in [5, 5.41) is 0.931. The van der Waals surface area contributed by atoms with Gasteiger partial charge in [0.05, 0.1) is 25.8 Å². The van der Waals surface area contributed by atoms with Crippen molar-refractivity contribution in [2.75, 3.05) is 26.8 Å². The van der Waals surface area contributed by atoms with Crippen LogP contribution in [-0.2, 0) is 4.74 Å². The van der Waals surface area contributed by atoms with Gasteiger partial charge in [0.15, 0.2) is 0 Å². The monoisotopic (exact) mass is 378 g/mol. The minimum atomic E-state index is -0.0908. The molecule has 2 heterocycles. The molecular weight excluding hydrogens is 352 g/mol. The summed E-state index contributed by atoms with van der Waals surface area (Å²) in [5.41, 5.74) is 2.87. The molecule has 1 fully saturated rings. The zero-order valence-corrected chi connectivity index (χ0v) is 16.6. The van der Waals surface area contributed by atoms with Gasteiger partial charge in [-0.05, 0) is 37.6 Å². The summed E-state index contributed by atoms with van der Waals surface area (Å²) in [7, 11) is 1.65. The van der Waals surface area contributed by atoms with E-state index in [0.29, 0.717) is 19.7 Å². The Bertz CT molecular complexity index is 978. The maximum Gasteiger partial charge on any atom is 0.256 e. The van der Waals surface area contributed by atoms with Crippen molar-refractivity contribution < 1.29 is 14.3 Å². The third-order valence-corrected chi connectivity index (χ3v) is 5.35. The number of aromatic nitrogens is 1. The molecule has 1 saturated heterocycles. The summed E-state index contributed by atoms with van der Waals surface area (Å²) in [6, 6.07) is 16.3. The van der Waals surface area contributed by atoms with Gasteiger partial charge in [-0.3, -0.25) is 4.79 Å². The Morgan fingerprint density at radius 2 is 1.96 bits per heavy atom. The first-order valence-electron chi connectivity index (χ1n) is 9.73. The highest BCUT2D eigenvalue weighted by Crippen LogP contribution is 2.30. The van der Waals surface area contributed by atoms with Gasteiger partial charge in [0, 0.05) is 29.7 Å². The van der Waals surface area contributed by atoms with Crippen LogP contribution in [-0.4, -0.2) is 42.2 Å². The number of morpholine rings is 1. The molecule has 0 radical (unpaired) electrons. The number of hydrogen-bond donors (Lipinski definition) is 0. The van der Waals surface area contributed by atoms with E-state index in [9.17, 15) is 4.79 Å². The van der Waals surface area contributed by atoms with Gasteiger partial charge in [-0.25, -0.2) is 0 Å². The molecule has 1 aliphatic heterocycles. The lowest BCUT2D eigenvalue weighted by atomic mass is 10.1. The third kappa shape index (κ3) is 3.38. The third-order valence-electron chi connectivity index (χ3n) is 5.35. The number of rotatable bonds is 4. The van der Waals surface area contributed by atoms with Gasteiger partial charge in [0.2, 0.25) is 0 Å². The molecule has 1 amide bonds. The number of fused-ring (bicyclic) bond motifs is 1. The zero-order chi connectivity index (χ0) is 19.7. The predicted molar refractivity (Wildman–Crippen MR) is 110 cm³/mol. The van der Waals surface area contributed by atoms with E-state index >= 15 is 0 Å². The summed E-state index contributed by atoms with van der Waals surface area (Å²) >= 11 is 0. The number of carbonyl (C=O) groups excluding carboxylic acids is 1. The highest BCUT2D eigenvalue weighted by atomic mass is 16.5. The largest absolute Gasteiger partial charge is 0.497 e. The molecule has 0 unspecified atom stereocenters. The van der Waals surface area contributed by atoms with E-state index in [4.69, 9.17) is 9.47 Å². The van der Waals surface area contributed by atoms with Crippen LogP contribution in [0, 0.1) is 0 Å². The number of amides is 1. The Labute approximate surface area is 165 Å². The Kier molecular flexibility index (Phi) is 5.09. The average Bonchev–Trinajstić information content (AvgIpc) is 3.13. The van der Waals surface area contributed by atoms with E-state index in [2.05, 4.69) is 18.4 Å². The van der Waals surface area contributed by atoms with Crippen molar-refractivity contribution in [3.63, 3.8) is 0 Å². The standard InChI is InChI=1S/C23H26N2O3/c1-16(2)25-14-20(19-13-18(27-3)9-10-21(19)25)23(26)24-11-12-28-22(15-24)17-7-5-4-6-8-17/h4-10,13-14,16,22H,11-12,15H2,1-3H3/t22-/m1/s1. The second-order valence-electron chi connectivity index (χ2n) is 7.45. The summed E-state index contributed by atoms with van der Waals surface area (Å²) in [6.07, 6.45) is 1.89. The van der Waals surface area contributed by atoms with Crippen LogP contribution in [0.5, 0.6) is 5.75 Å². The highest BCUT2D eigenvalue weighted by molar-refractivity contribution is 6.07. The molecule has 2 aromatic carbocycles. The summed E-state index contributed by atoms with van der Waals surface area (Å²) < 4.78 is 13.5. The number of hydrogen-bond acceptors (Lipinski definition) is 3. The number of nitrogens with zero attached hydrogens (tertiary/aromatic N) is 2. The van der Waals surface area contributed by atoms with Crippen LogP contribution >= 0.6 is 0 Å². The number of ether oxygens (including phenoxy) is 2. The molecule has 28 heavy (non-hydrogen) atoms. The van der Waals surface area contributed by atoms with Crippen LogP contribution in [0.1, 0.15) is 41.9 Å². The maximum absolute atomic E-state index is 13.4. The molecule has 0 N–H and O–H groups in total. The van der Waals surface area contributed by atoms with Crippen LogP contribution in [0.2, 0.25) is 0 Å². The zero-order valence-electron chi connectivity index (χ0n) is 16.6. The molecule has 5 nitrogen and oxygen atoms in total. The molecule has 146 valence electrons. The molecule has 4 rings (SSSR count). The van der Waals surface area contributed by atoms with Gasteiger partial charge in [0.25, 0.3) is 5.91 Å². The van der Waals surface area contributed by atoms with Crippen molar-refractivity contribution in [1.82, 2.24) is 9.47 Å². The molecule has 1 atom stereocenters. The Balaban J connectivity index is 1.68. The van der Waals surface area contributed by atoms with Crippen LogP contribution in [0.4, 0.5) is 0 Å². The van der Waals surface area contributed by atoms with E-state index in [-0.39, 0.29) is 18.1 Å². The molecular formula is C23H26N2O3. The average molecular weight is 378 g/mol. The second-order valence-corrected chi connectivity index (χ2v) is 7.45. The number of methoxy groups -OCH3 is 1. The van der Waals surface area contributed by atoms with Crippen molar-refractivity contribution >= 4 is 16.8 Å². The van der Waals surface area contributed by atoms with Crippen LogP contribution in [0.15, 0.2) is 54.7 Å². The van der Waals surface area contributed by atoms with Gasteiger partial charge in [-0.2, -0.15) is 0 Å². The lowest BCUT2D eigenvalue weighted by molar-refractivity contribution is -0.0227. The minimum Gasteiger partial charge on any atom is -0.497 e. The fourth-order valence-electron chi connectivity index (χ4n) is 3.83. The quantitative estimate of drug-likeness (QED) is 0.674. The molecule has 0 bridgehead atoms. The fraction of sp³-hybridized carbons (Fsp3) is 0.348. The fourth-order valence-corrected chi connectivity index (χ4v) is 3.83. The second kappa shape index (κ2) is 7.68. The number of carbonyl (C=O) groups is 1. The van der Waals surface area contributed by atoms with Gasteiger partial charge in [0.1, 0.15) is 11.9 Å². The van der Waals surface area contributed by atoms with Gasteiger partial charge in [-0.15, -0.1) is 0 Å². The molecule has 1 aromatic heterocycles. The summed E-state index contributed by atoms with van der Waals surface area (Å²) in [6.45, 7) is 5.94. The van der Waals surface area contributed by atoms with Gasteiger partial charge < -0.3 is 18.9 Å². The van der Waals surface area contributed by atoms with E-state index in [0.717, 1.165) is 27.8 Å². The first kappa shape index (κ1) is 18.6. The molecule has 3 aromatic rings. The summed E-state index contributed by atoms with van der Waals surface area (Å²) in [5.74, 6) is 0.800. The minimum absolute atomic E-state index is 0.0434. The SMILES string of the molecule is COc1ccc2c(c1)c(C(=O)N1CCO[C@@H](c3ccccc3)C1)cn2C(C)C. The molecule has 0 saturated carbocycles.